The Morgan fingerprint density at radius 3 is 2.88 bits per heavy atom. The molecular formula is C24H34N8OS. The molecule has 1 aliphatic carbocycles. The molecule has 1 aliphatic heterocycles. The predicted octanol–water partition coefficient (Wildman–Crippen LogP) is 4.08. The van der Waals surface area contributed by atoms with E-state index in [0.717, 1.165) is 79.0 Å². The van der Waals surface area contributed by atoms with Gasteiger partial charge in [-0.1, -0.05) is 13.3 Å². The third kappa shape index (κ3) is 5.33. The van der Waals surface area contributed by atoms with Crippen LogP contribution in [0.2, 0.25) is 0 Å². The molecule has 1 amide bonds. The van der Waals surface area contributed by atoms with Crippen molar-refractivity contribution in [3.05, 3.63) is 23.2 Å². The van der Waals surface area contributed by atoms with Gasteiger partial charge < -0.3 is 21.3 Å². The van der Waals surface area contributed by atoms with Crippen LogP contribution in [0.5, 0.6) is 0 Å². The van der Waals surface area contributed by atoms with Gasteiger partial charge >= 0.3 is 0 Å². The summed E-state index contributed by atoms with van der Waals surface area (Å²) in [4.78, 5) is 23.3. The number of H-pyrrole nitrogens is 1. The van der Waals surface area contributed by atoms with Crippen LogP contribution in [0.15, 0.2) is 17.5 Å². The molecule has 4 atom stereocenters. The van der Waals surface area contributed by atoms with E-state index in [1.807, 2.05) is 24.4 Å². The minimum absolute atomic E-state index is 0.0412. The highest BCUT2D eigenvalue weighted by Crippen LogP contribution is 2.31. The minimum Gasteiger partial charge on any atom is -0.352 e. The molecule has 34 heavy (non-hydrogen) atoms. The molecule has 0 bridgehead atoms. The van der Waals surface area contributed by atoms with Crippen LogP contribution in [0.4, 0.5) is 17.6 Å². The number of aromatic nitrogens is 4. The second-order valence-electron chi connectivity index (χ2n) is 9.62. The summed E-state index contributed by atoms with van der Waals surface area (Å²) in [5.74, 6) is 2.87. The molecule has 2 aliphatic rings. The zero-order chi connectivity index (χ0) is 23.5. The monoisotopic (exact) mass is 482 g/mol. The summed E-state index contributed by atoms with van der Waals surface area (Å²) in [6.07, 6.45) is 7.22. The molecule has 182 valence electrons. The van der Waals surface area contributed by atoms with E-state index in [4.69, 9.17) is 9.97 Å². The Kier molecular flexibility index (Phi) is 6.96. The van der Waals surface area contributed by atoms with Crippen LogP contribution in [-0.2, 0) is 4.79 Å². The number of amides is 1. The van der Waals surface area contributed by atoms with E-state index in [1.54, 1.807) is 11.3 Å². The fraction of sp³-hybridized carbons (Fsp3) is 0.583. The van der Waals surface area contributed by atoms with Gasteiger partial charge in [0.25, 0.3) is 0 Å². The van der Waals surface area contributed by atoms with Gasteiger partial charge in [0.1, 0.15) is 10.6 Å². The summed E-state index contributed by atoms with van der Waals surface area (Å²) in [5, 5.41) is 23.9. The van der Waals surface area contributed by atoms with Gasteiger partial charge in [0.2, 0.25) is 11.9 Å². The van der Waals surface area contributed by atoms with Gasteiger partial charge in [0.15, 0.2) is 5.82 Å². The summed E-state index contributed by atoms with van der Waals surface area (Å²) in [5.41, 5.74) is 0.987. The van der Waals surface area contributed by atoms with Crippen molar-refractivity contribution in [2.24, 2.45) is 5.92 Å². The Hall–Kier alpha value is -2.72. The number of hydrogen-bond donors (Lipinski definition) is 5. The van der Waals surface area contributed by atoms with Crippen LogP contribution < -0.4 is 21.3 Å². The van der Waals surface area contributed by atoms with Crippen molar-refractivity contribution in [2.45, 2.75) is 76.9 Å². The molecule has 1 saturated carbocycles. The molecule has 3 aromatic rings. The number of thiophene rings is 1. The SMILES string of the molecule is CCC1CCC(NC(=O)C2CCCN2)CC(Nc2nc(Nc3cc(C)[nH]n3)c3ccsc3n2)C1. The third-order valence-electron chi connectivity index (χ3n) is 7.02. The van der Waals surface area contributed by atoms with Crippen LogP contribution in [-0.4, -0.2) is 50.7 Å². The first-order valence-corrected chi connectivity index (χ1v) is 13.3. The van der Waals surface area contributed by atoms with Crippen LogP contribution in [0.1, 0.15) is 57.6 Å². The van der Waals surface area contributed by atoms with Crippen LogP contribution in [0, 0.1) is 12.8 Å². The summed E-state index contributed by atoms with van der Waals surface area (Å²) in [7, 11) is 0. The van der Waals surface area contributed by atoms with E-state index in [-0.39, 0.29) is 24.0 Å². The normalized spacial score (nSPS) is 25.2. The van der Waals surface area contributed by atoms with Gasteiger partial charge in [-0.25, -0.2) is 4.98 Å². The van der Waals surface area contributed by atoms with Gasteiger partial charge in [-0.3, -0.25) is 9.89 Å². The Labute approximate surface area is 203 Å². The largest absolute Gasteiger partial charge is 0.352 e. The van der Waals surface area contributed by atoms with Gasteiger partial charge in [0.05, 0.1) is 11.4 Å². The average Bonchev–Trinajstić information content (AvgIpc) is 3.56. The van der Waals surface area contributed by atoms with E-state index in [0.29, 0.717) is 11.9 Å². The fourth-order valence-corrected chi connectivity index (χ4v) is 5.91. The first-order chi connectivity index (χ1) is 16.6. The topological polar surface area (TPSA) is 120 Å². The van der Waals surface area contributed by atoms with Gasteiger partial charge in [-0.2, -0.15) is 10.1 Å². The van der Waals surface area contributed by atoms with Crippen molar-refractivity contribution < 1.29 is 4.79 Å². The lowest BCUT2D eigenvalue weighted by atomic mass is 9.96. The third-order valence-corrected chi connectivity index (χ3v) is 7.83. The first kappa shape index (κ1) is 23.0. The van der Waals surface area contributed by atoms with Crippen molar-refractivity contribution in [3.63, 3.8) is 0 Å². The fourth-order valence-electron chi connectivity index (χ4n) is 5.15. The number of aromatic amines is 1. The molecule has 0 radical (unpaired) electrons. The van der Waals surface area contributed by atoms with Crippen molar-refractivity contribution in [3.8, 4) is 0 Å². The number of nitrogens with one attached hydrogen (secondary N) is 5. The summed E-state index contributed by atoms with van der Waals surface area (Å²) < 4.78 is 0. The van der Waals surface area contributed by atoms with Gasteiger partial charge in [-0.15, -0.1) is 11.3 Å². The second kappa shape index (κ2) is 10.3. The van der Waals surface area contributed by atoms with Crippen molar-refractivity contribution in [1.29, 1.82) is 0 Å². The number of fused-ring (bicyclic) bond motifs is 1. The maximum atomic E-state index is 12.7. The molecule has 3 aromatic heterocycles. The summed E-state index contributed by atoms with van der Waals surface area (Å²) in [6, 6.07) is 4.32. The van der Waals surface area contributed by atoms with Crippen molar-refractivity contribution >= 4 is 45.0 Å². The standard InChI is InChI=1S/C24H34N8OS/c1-3-15-6-7-16(26-22(33)19-5-4-9-25-19)13-17(12-15)27-24-29-21(18-8-10-34-23(18)30-24)28-20-11-14(2)31-32-20/h8,10-11,15-17,19,25H,3-7,9,12-13H2,1-2H3,(H,26,33)(H3,27,28,29,30,31,32). The predicted molar refractivity (Wildman–Crippen MR) is 137 cm³/mol. The number of hydrogen-bond acceptors (Lipinski definition) is 8. The van der Waals surface area contributed by atoms with E-state index in [1.165, 1.54) is 0 Å². The zero-order valence-corrected chi connectivity index (χ0v) is 20.7. The van der Waals surface area contributed by atoms with E-state index >= 15 is 0 Å². The van der Waals surface area contributed by atoms with E-state index in [2.05, 4.69) is 38.4 Å². The molecule has 9 nitrogen and oxygen atoms in total. The molecule has 0 spiro atoms. The first-order valence-electron chi connectivity index (χ1n) is 12.4. The second-order valence-corrected chi connectivity index (χ2v) is 10.5. The molecule has 2 fully saturated rings. The van der Waals surface area contributed by atoms with E-state index in [9.17, 15) is 4.79 Å². The van der Waals surface area contributed by atoms with Crippen LogP contribution in [0.3, 0.4) is 0 Å². The van der Waals surface area contributed by atoms with Crippen LogP contribution in [0.25, 0.3) is 10.2 Å². The number of nitrogens with zero attached hydrogens (tertiary/aromatic N) is 3. The maximum Gasteiger partial charge on any atom is 0.237 e. The molecular weight excluding hydrogens is 448 g/mol. The van der Waals surface area contributed by atoms with Crippen molar-refractivity contribution in [2.75, 3.05) is 17.2 Å². The number of rotatable bonds is 7. The molecule has 4 heterocycles. The smallest absolute Gasteiger partial charge is 0.237 e. The average molecular weight is 483 g/mol. The number of anilines is 3. The molecule has 5 rings (SSSR count). The number of carbonyl (C=O) groups is 1. The minimum atomic E-state index is -0.0412. The summed E-state index contributed by atoms with van der Waals surface area (Å²) in [6.45, 7) is 5.16. The molecule has 5 N–H and O–H groups in total. The Morgan fingerprint density at radius 1 is 1.21 bits per heavy atom. The summed E-state index contributed by atoms with van der Waals surface area (Å²) >= 11 is 1.60. The highest BCUT2D eigenvalue weighted by Gasteiger charge is 2.29. The molecule has 10 heteroatoms. The number of aryl methyl sites for hydroxylation is 1. The van der Waals surface area contributed by atoms with Gasteiger partial charge in [-0.05, 0) is 69.4 Å². The Morgan fingerprint density at radius 2 is 2.12 bits per heavy atom. The zero-order valence-electron chi connectivity index (χ0n) is 19.9. The lowest BCUT2D eigenvalue weighted by Gasteiger charge is -2.24. The highest BCUT2D eigenvalue weighted by molar-refractivity contribution is 7.16. The quantitative estimate of drug-likeness (QED) is 0.322. The highest BCUT2D eigenvalue weighted by atomic mass is 32.1. The molecule has 0 aromatic carbocycles. The lowest BCUT2D eigenvalue weighted by molar-refractivity contribution is -0.123. The molecule has 1 saturated heterocycles. The van der Waals surface area contributed by atoms with Gasteiger partial charge in [0, 0.05) is 23.8 Å². The Balaban J connectivity index is 1.33. The van der Waals surface area contributed by atoms with E-state index < -0.39 is 0 Å². The van der Waals surface area contributed by atoms with Crippen molar-refractivity contribution in [1.82, 2.24) is 30.8 Å². The number of carbonyl (C=O) groups excluding carboxylic acids is 1. The molecule has 4 unspecified atom stereocenters. The van der Waals surface area contributed by atoms with Crippen LogP contribution >= 0.6 is 11.3 Å². The Bertz CT molecular complexity index is 1120. The maximum absolute atomic E-state index is 12.7. The lowest BCUT2D eigenvalue weighted by Crippen LogP contribution is -2.46.